The van der Waals surface area contributed by atoms with E-state index in [1.165, 1.54) is 0 Å². The van der Waals surface area contributed by atoms with E-state index in [-0.39, 0.29) is 0 Å². The minimum atomic E-state index is 0.722. The number of nitrogens with zero attached hydrogens (tertiary/aromatic N) is 1. The van der Waals surface area contributed by atoms with Crippen LogP contribution in [0.2, 0.25) is 0 Å². The number of rotatable bonds is 0. The first-order valence-electron chi connectivity index (χ1n) is 1.40. The lowest BCUT2D eigenvalue weighted by Gasteiger charge is -1.76. The van der Waals surface area contributed by atoms with E-state index >= 15 is 0 Å². The Morgan fingerprint density at radius 2 is 2.60 bits per heavy atom. The van der Waals surface area contributed by atoms with Gasteiger partial charge in [0.25, 0.3) is 0 Å². The van der Waals surface area contributed by atoms with Gasteiger partial charge in [-0.1, -0.05) is 5.53 Å². The molecule has 4 nitrogen and oxygen atoms in total. The third-order valence-electron chi connectivity index (χ3n) is 0.381. The molecule has 4 heteroatoms. The van der Waals surface area contributed by atoms with Gasteiger partial charge in [-0.3, -0.25) is 0 Å². The molecule has 0 aliphatic carbocycles. The smallest absolute Gasteiger partial charge is 0.0766 e. The molecule has 0 aromatic carbocycles. The van der Waals surface area contributed by atoms with Crippen molar-refractivity contribution in [3.05, 3.63) is 0 Å². The van der Waals surface area contributed by atoms with Crippen molar-refractivity contribution in [1.82, 2.24) is 21.9 Å². The van der Waals surface area contributed by atoms with Crippen LogP contribution in [-0.2, 0) is 0 Å². The molecule has 1 rings (SSSR count). The molecule has 1 heterocycles. The lowest BCUT2D eigenvalue weighted by Crippen LogP contribution is -2.26. The largest absolute Gasteiger partial charge is 0.226 e. The maximum Gasteiger partial charge on any atom is 0.0766 e. The minimum absolute atomic E-state index is 0.722. The summed E-state index contributed by atoms with van der Waals surface area (Å²) in [6.45, 7) is 0.722. The number of hydrogen-bond donors (Lipinski definition) is 3. The van der Waals surface area contributed by atoms with E-state index in [0.717, 1.165) is 6.67 Å². The van der Waals surface area contributed by atoms with Crippen LogP contribution in [-0.4, -0.2) is 6.67 Å². The van der Waals surface area contributed by atoms with Crippen molar-refractivity contribution >= 4 is 0 Å². The fourth-order valence-corrected chi connectivity index (χ4v) is 0.198. The lowest BCUT2D eigenvalue weighted by atomic mass is 11.2. The molecule has 0 atom stereocenters. The second kappa shape index (κ2) is 1.32. The highest BCUT2D eigenvalue weighted by molar-refractivity contribution is 4.32. The molecule has 0 aromatic rings. The third-order valence-corrected chi connectivity index (χ3v) is 0.381. The molecule has 3 N–H and O–H groups in total. The Bertz CT molecular complexity index is 15.2. The molecule has 1 aliphatic heterocycles. The van der Waals surface area contributed by atoms with Gasteiger partial charge in [-0.2, -0.15) is 5.53 Å². The first kappa shape index (κ1) is 3.05. The van der Waals surface area contributed by atoms with E-state index in [1.54, 1.807) is 0 Å². The SMILES string of the molecule is C1N[N]NN1. The van der Waals surface area contributed by atoms with Crippen LogP contribution in [0, 0.1) is 0 Å². The molecule has 0 amide bonds. The van der Waals surface area contributed by atoms with Gasteiger partial charge in [0.1, 0.15) is 0 Å². The van der Waals surface area contributed by atoms with Gasteiger partial charge in [0.15, 0.2) is 0 Å². The molecular weight excluding hydrogens is 68.0 g/mol. The normalized spacial score (nSPS) is 24.0. The summed E-state index contributed by atoms with van der Waals surface area (Å²) in [4.78, 5) is 0. The van der Waals surface area contributed by atoms with E-state index in [4.69, 9.17) is 0 Å². The maximum atomic E-state index is 3.47. The van der Waals surface area contributed by atoms with Crippen LogP contribution in [0.15, 0.2) is 0 Å². The van der Waals surface area contributed by atoms with Crippen molar-refractivity contribution in [2.45, 2.75) is 0 Å². The predicted molar refractivity (Wildman–Crippen MR) is 16.4 cm³/mol. The summed E-state index contributed by atoms with van der Waals surface area (Å²) in [6.07, 6.45) is 0. The molecular formula is CH5N4. The highest BCUT2D eigenvalue weighted by Gasteiger charge is 1.89. The molecule has 1 fully saturated rings. The lowest BCUT2D eigenvalue weighted by molar-refractivity contribution is 0.541. The highest BCUT2D eigenvalue weighted by Crippen LogP contribution is 1.46. The summed E-state index contributed by atoms with van der Waals surface area (Å²) in [7, 11) is 0. The molecule has 0 aromatic heterocycles. The number of nitrogens with one attached hydrogen (secondary N) is 3. The molecule has 1 saturated heterocycles. The zero-order valence-electron chi connectivity index (χ0n) is 2.65. The maximum absolute atomic E-state index is 3.47. The Morgan fingerprint density at radius 1 is 1.60 bits per heavy atom. The molecule has 0 unspecified atom stereocenters. The van der Waals surface area contributed by atoms with Gasteiger partial charge in [-0.15, -0.1) is 0 Å². The number of hydrogen-bond acceptors (Lipinski definition) is 3. The van der Waals surface area contributed by atoms with Crippen LogP contribution < -0.4 is 21.9 Å². The molecule has 0 spiro atoms. The standard InChI is InChI=1S/CH5N4/c1-2-4-5-3-1/h2-4H,1H2. The van der Waals surface area contributed by atoms with Crippen LogP contribution in [0.3, 0.4) is 0 Å². The summed E-state index contributed by atoms with van der Waals surface area (Å²) >= 11 is 0. The summed E-state index contributed by atoms with van der Waals surface area (Å²) in [5.41, 5.74) is 11.3. The first-order valence-corrected chi connectivity index (χ1v) is 1.40. The summed E-state index contributed by atoms with van der Waals surface area (Å²) < 4.78 is 0. The Balaban J connectivity index is 2.08. The molecule has 0 bridgehead atoms. The fraction of sp³-hybridized carbons (Fsp3) is 1.00. The Morgan fingerprint density at radius 3 is 2.80 bits per heavy atom. The van der Waals surface area contributed by atoms with Gasteiger partial charge in [0.2, 0.25) is 0 Å². The van der Waals surface area contributed by atoms with Crippen molar-refractivity contribution in [2.75, 3.05) is 6.67 Å². The quantitative estimate of drug-likeness (QED) is 0.313. The van der Waals surface area contributed by atoms with Gasteiger partial charge in [-0.25, -0.2) is 10.9 Å². The van der Waals surface area contributed by atoms with Crippen LogP contribution in [0.4, 0.5) is 0 Å². The summed E-state index contributed by atoms with van der Waals surface area (Å²) in [5.74, 6) is 0. The monoisotopic (exact) mass is 73.1 g/mol. The van der Waals surface area contributed by atoms with E-state index < -0.39 is 0 Å². The number of hydrazine groups is 1. The third kappa shape index (κ3) is 0.555. The van der Waals surface area contributed by atoms with Gasteiger partial charge in [0, 0.05) is 0 Å². The average Bonchev–Trinajstić information content (AvgIpc) is 1.76. The molecule has 1 aliphatic rings. The van der Waals surface area contributed by atoms with Crippen molar-refractivity contribution < 1.29 is 0 Å². The van der Waals surface area contributed by atoms with E-state index in [9.17, 15) is 0 Å². The van der Waals surface area contributed by atoms with Crippen LogP contribution in [0.25, 0.3) is 0 Å². The van der Waals surface area contributed by atoms with Crippen LogP contribution in [0.5, 0.6) is 0 Å². The van der Waals surface area contributed by atoms with Gasteiger partial charge in [0.05, 0.1) is 6.67 Å². The topological polar surface area (TPSA) is 50.2 Å². The Hall–Kier alpha value is -0.160. The highest BCUT2D eigenvalue weighted by atomic mass is 15.8. The Labute approximate surface area is 29.8 Å². The van der Waals surface area contributed by atoms with Gasteiger partial charge < -0.3 is 0 Å². The molecule has 5 heavy (non-hydrogen) atoms. The zero-order chi connectivity index (χ0) is 3.54. The van der Waals surface area contributed by atoms with Crippen LogP contribution in [0.1, 0.15) is 0 Å². The van der Waals surface area contributed by atoms with Crippen molar-refractivity contribution in [1.29, 1.82) is 0 Å². The molecule has 29 valence electrons. The minimum Gasteiger partial charge on any atom is -0.226 e. The summed E-state index contributed by atoms with van der Waals surface area (Å²) in [6, 6.07) is 0. The first-order chi connectivity index (χ1) is 2.50. The van der Waals surface area contributed by atoms with E-state index in [2.05, 4.69) is 21.9 Å². The molecule has 0 saturated carbocycles. The molecule has 1 radical (unpaired) electrons. The fourth-order valence-electron chi connectivity index (χ4n) is 0.198. The van der Waals surface area contributed by atoms with Crippen molar-refractivity contribution in [2.24, 2.45) is 0 Å². The second-order valence-corrected chi connectivity index (χ2v) is 0.735. The average molecular weight is 73.1 g/mol. The van der Waals surface area contributed by atoms with Crippen LogP contribution >= 0.6 is 0 Å². The van der Waals surface area contributed by atoms with E-state index in [0.29, 0.717) is 0 Å². The predicted octanol–water partition coefficient (Wildman–Crippen LogP) is -1.92. The van der Waals surface area contributed by atoms with Crippen molar-refractivity contribution in [3.8, 4) is 0 Å². The van der Waals surface area contributed by atoms with Gasteiger partial charge in [-0.05, 0) is 0 Å². The Kier molecular flexibility index (Phi) is 0.806. The summed E-state index contributed by atoms with van der Waals surface area (Å²) in [5, 5.41) is 0. The zero-order valence-corrected chi connectivity index (χ0v) is 2.65. The van der Waals surface area contributed by atoms with Gasteiger partial charge >= 0.3 is 0 Å². The second-order valence-electron chi connectivity index (χ2n) is 0.735. The van der Waals surface area contributed by atoms with E-state index in [1.807, 2.05) is 0 Å². The van der Waals surface area contributed by atoms with Crippen molar-refractivity contribution in [3.63, 3.8) is 0 Å².